The van der Waals surface area contributed by atoms with E-state index in [9.17, 15) is 10.1 Å². The van der Waals surface area contributed by atoms with Crippen LogP contribution < -0.4 is 5.32 Å². The Morgan fingerprint density at radius 3 is 2.69 bits per heavy atom. The Morgan fingerprint density at radius 2 is 1.96 bits per heavy atom. The van der Waals surface area contributed by atoms with Gasteiger partial charge in [-0.2, -0.15) is 5.26 Å². The van der Waals surface area contributed by atoms with Gasteiger partial charge in [-0.15, -0.1) is 0 Å². The highest BCUT2D eigenvalue weighted by Gasteiger charge is 2.11. The van der Waals surface area contributed by atoms with Gasteiger partial charge in [-0.1, -0.05) is 43.7 Å². The number of aromatic amines is 1. The maximum absolute atomic E-state index is 12.5. The van der Waals surface area contributed by atoms with Crippen LogP contribution in [0.25, 0.3) is 17.0 Å². The maximum atomic E-state index is 12.5. The van der Waals surface area contributed by atoms with E-state index in [0.717, 1.165) is 35.7 Å². The van der Waals surface area contributed by atoms with Gasteiger partial charge in [0.25, 0.3) is 5.91 Å². The van der Waals surface area contributed by atoms with Crippen LogP contribution in [-0.2, 0) is 11.2 Å². The third-order valence-corrected chi connectivity index (χ3v) is 4.32. The number of aryl methyl sites for hydroxylation is 1. The summed E-state index contributed by atoms with van der Waals surface area (Å²) in [4.78, 5) is 15.6. The van der Waals surface area contributed by atoms with E-state index in [1.165, 1.54) is 5.56 Å². The van der Waals surface area contributed by atoms with Crippen molar-refractivity contribution in [3.05, 3.63) is 71.4 Å². The minimum absolute atomic E-state index is 0.0739. The summed E-state index contributed by atoms with van der Waals surface area (Å²) in [5.74, 6) is -0.404. The number of fused-ring (bicyclic) bond motifs is 1. The van der Waals surface area contributed by atoms with Crippen LogP contribution >= 0.6 is 0 Å². The Labute approximate surface area is 153 Å². The molecule has 0 spiro atoms. The van der Waals surface area contributed by atoms with Gasteiger partial charge in [0, 0.05) is 28.4 Å². The minimum atomic E-state index is -0.404. The topological polar surface area (TPSA) is 68.7 Å². The van der Waals surface area contributed by atoms with Crippen molar-refractivity contribution in [1.29, 1.82) is 5.26 Å². The highest BCUT2D eigenvalue weighted by molar-refractivity contribution is 6.10. The molecule has 0 aliphatic heterocycles. The quantitative estimate of drug-likeness (QED) is 0.485. The second-order valence-electron chi connectivity index (χ2n) is 6.21. The molecular weight excluding hydrogens is 322 g/mol. The second kappa shape index (κ2) is 8.17. The number of hydrogen-bond donors (Lipinski definition) is 2. The molecule has 1 aromatic heterocycles. The largest absolute Gasteiger partial charge is 0.361 e. The van der Waals surface area contributed by atoms with E-state index in [1.54, 1.807) is 12.3 Å². The molecule has 0 bridgehead atoms. The Morgan fingerprint density at radius 1 is 1.19 bits per heavy atom. The van der Waals surface area contributed by atoms with Crippen LogP contribution in [0.1, 0.15) is 30.9 Å². The normalized spacial score (nSPS) is 11.3. The Hall–Kier alpha value is -3.32. The van der Waals surface area contributed by atoms with Crippen molar-refractivity contribution in [2.75, 3.05) is 5.32 Å². The second-order valence-corrected chi connectivity index (χ2v) is 6.21. The molecule has 130 valence electrons. The van der Waals surface area contributed by atoms with Crippen molar-refractivity contribution in [1.82, 2.24) is 4.98 Å². The number of nitrogens with zero attached hydrogens (tertiary/aromatic N) is 1. The van der Waals surface area contributed by atoms with E-state index in [1.807, 2.05) is 54.6 Å². The van der Waals surface area contributed by atoms with Crippen LogP contribution in [0, 0.1) is 11.3 Å². The highest BCUT2D eigenvalue weighted by Crippen LogP contribution is 2.21. The first-order chi connectivity index (χ1) is 12.7. The molecule has 2 aromatic carbocycles. The molecule has 0 radical (unpaired) electrons. The summed E-state index contributed by atoms with van der Waals surface area (Å²) >= 11 is 0. The van der Waals surface area contributed by atoms with Gasteiger partial charge in [-0.05, 0) is 42.7 Å². The first-order valence-electron chi connectivity index (χ1n) is 8.79. The monoisotopic (exact) mass is 343 g/mol. The Bertz CT molecular complexity index is 975. The number of anilines is 1. The number of benzene rings is 2. The molecule has 0 aliphatic rings. The fourth-order valence-electron chi connectivity index (χ4n) is 2.85. The van der Waals surface area contributed by atoms with E-state index >= 15 is 0 Å². The molecule has 0 saturated heterocycles. The summed E-state index contributed by atoms with van der Waals surface area (Å²) in [6.45, 7) is 2.16. The molecule has 1 heterocycles. The molecule has 0 aliphatic carbocycles. The van der Waals surface area contributed by atoms with Crippen LogP contribution in [0.2, 0.25) is 0 Å². The molecular formula is C22H21N3O. The lowest BCUT2D eigenvalue weighted by Gasteiger charge is -2.06. The van der Waals surface area contributed by atoms with Gasteiger partial charge in [-0.3, -0.25) is 4.79 Å². The van der Waals surface area contributed by atoms with E-state index < -0.39 is 5.91 Å². The van der Waals surface area contributed by atoms with Crippen LogP contribution in [0.4, 0.5) is 5.69 Å². The van der Waals surface area contributed by atoms with E-state index in [-0.39, 0.29) is 5.57 Å². The van der Waals surface area contributed by atoms with E-state index in [2.05, 4.69) is 17.2 Å². The zero-order chi connectivity index (χ0) is 18.4. The fourth-order valence-corrected chi connectivity index (χ4v) is 2.85. The molecule has 0 saturated carbocycles. The lowest BCUT2D eigenvalue weighted by atomic mass is 10.1. The first kappa shape index (κ1) is 17.5. The third kappa shape index (κ3) is 4.01. The predicted octanol–water partition coefficient (Wildman–Crippen LogP) is 5.06. The third-order valence-electron chi connectivity index (χ3n) is 4.32. The minimum Gasteiger partial charge on any atom is -0.361 e. The molecule has 4 nitrogen and oxygen atoms in total. The van der Waals surface area contributed by atoms with Crippen LogP contribution in [0.15, 0.2) is 60.3 Å². The van der Waals surface area contributed by atoms with Gasteiger partial charge in [0.2, 0.25) is 0 Å². The van der Waals surface area contributed by atoms with Crippen LogP contribution in [0.3, 0.4) is 0 Å². The van der Waals surface area contributed by atoms with Gasteiger partial charge in [0.1, 0.15) is 11.6 Å². The molecule has 3 rings (SSSR count). The lowest BCUT2D eigenvalue weighted by molar-refractivity contribution is -0.112. The summed E-state index contributed by atoms with van der Waals surface area (Å²) in [6, 6.07) is 17.6. The summed E-state index contributed by atoms with van der Waals surface area (Å²) in [5.41, 5.74) is 3.81. The number of para-hydroxylation sites is 1. The van der Waals surface area contributed by atoms with E-state index in [4.69, 9.17) is 0 Å². The summed E-state index contributed by atoms with van der Waals surface area (Å²) in [6.07, 6.45) is 6.76. The molecule has 3 aromatic rings. The number of aromatic nitrogens is 1. The number of rotatable bonds is 6. The standard InChI is InChI=1S/C22H21N3O/c1-2-3-6-16-9-11-19(12-10-16)25-22(26)17(14-23)13-18-15-24-21-8-5-4-7-20(18)21/h4-5,7-13,15,24H,2-3,6H2,1H3,(H,25,26)/b17-13+. The van der Waals surface area contributed by atoms with Crippen molar-refractivity contribution in [2.45, 2.75) is 26.2 Å². The number of amides is 1. The van der Waals surface area contributed by atoms with E-state index in [0.29, 0.717) is 5.69 Å². The number of nitrogens with one attached hydrogen (secondary N) is 2. The zero-order valence-electron chi connectivity index (χ0n) is 14.8. The van der Waals surface area contributed by atoms with Crippen molar-refractivity contribution >= 4 is 28.6 Å². The Kier molecular flexibility index (Phi) is 5.50. The molecule has 0 fully saturated rings. The van der Waals surface area contributed by atoms with Crippen LogP contribution in [0.5, 0.6) is 0 Å². The van der Waals surface area contributed by atoms with Gasteiger partial charge < -0.3 is 10.3 Å². The van der Waals surface area contributed by atoms with Gasteiger partial charge in [0.05, 0.1) is 0 Å². The summed E-state index contributed by atoms with van der Waals surface area (Å²) in [7, 11) is 0. The van der Waals surface area contributed by atoms with Crippen molar-refractivity contribution in [3.63, 3.8) is 0 Å². The average molecular weight is 343 g/mol. The average Bonchev–Trinajstić information content (AvgIpc) is 3.08. The number of nitriles is 1. The number of carbonyl (C=O) groups is 1. The summed E-state index contributed by atoms with van der Waals surface area (Å²) < 4.78 is 0. The summed E-state index contributed by atoms with van der Waals surface area (Å²) in [5, 5.41) is 13.2. The molecule has 0 atom stereocenters. The number of H-pyrrole nitrogens is 1. The SMILES string of the molecule is CCCCc1ccc(NC(=O)/C(C#N)=C/c2c[nH]c3ccccc23)cc1. The van der Waals surface area contributed by atoms with Gasteiger partial charge in [0.15, 0.2) is 0 Å². The number of hydrogen-bond acceptors (Lipinski definition) is 2. The number of carbonyl (C=O) groups excluding carboxylic acids is 1. The first-order valence-corrected chi connectivity index (χ1v) is 8.79. The molecule has 1 amide bonds. The molecule has 2 N–H and O–H groups in total. The van der Waals surface area contributed by atoms with Gasteiger partial charge in [-0.25, -0.2) is 0 Å². The number of unbranched alkanes of at least 4 members (excludes halogenated alkanes) is 1. The highest BCUT2D eigenvalue weighted by atomic mass is 16.1. The maximum Gasteiger partial charge on any atom is 0.266 e. The van der Waals surface area contributed by atoms with Gasteiger partial charge >= 0.3 is 0 Å². The van der Waals surface area contributed by atoms with Crippen LogP contribution in [-0.4, -0.2) is 10.9 Å². The lowest BCUT2D eigenvalue weighted by Crippen LogP contribution is -2.13. The van der Waals surface area contributed by atoms with Crippen molar-refractivity contribution < 1.29 is 4.79 Å². The smallest absolute Gasteiger partial charge is 0.266 e. The predicted molar refractivity (Wildman–Crippen MR) is 106 cm³/mol. The molecule has 26 heavy (non-hydrogen) atoms. The zero-order valence-corrected chi connectivity index (χ0v) is 14.8. The molecule has 4 heteroatoms. The van der Waals surface area contributed by atoms with Crippen molar-refractivity contribution in [2.24, 2.45) is 0 Å². The van der Waals surface area contributed by atoms with Crippen molar-refractivity contribution in [3.8, 4) is 6.07 Å². The molecule has 0 unspecified atom stereocenters. The Balaban J connectivity index is 1.76. The fraction of sp³-hybridized carbons (Fsp3) is 0.182.